The van der Waals surface area contributed by atoms with E-state index in [9.17, 15) is 0 Å². The van der Waals surface area contributed by atoms with Gasteiger partial charge >= 0.3 is 0 Å². The third-order valence-corrected chi connectivity index (χ3v) is 4.59. The van der Waals surface area contributed by atoms with Gasteiger partial charge in [0.2, 0.25) is 0 Å². The van der Waals surface area contributed by atoms with Crippen molar-refractivity contribution >= 4 is 23.2 Å². The summed E-state index contributed by atoms with van der Waals surface area (Å²) in [6, 6.07) is 5.75. The lowest BCUT2D eigenvalue weighted by molar-refractivity contribution is 0.325. The SMILES string of the molecule is CCCCC(N)(CCCC)CNCc1ccc(Cl)c(Cl)c1. The Kier molecular flexibility index (Phi) is 8.65. The van der Waals surface area contributed by atoms with Crippen LogP contribution in [0.15, 0.2) is 18.2 Å². The van der Waals surface area contributed by atoms with E-state index < -0.39 is 0 Å². The van der Waals surface area contributed by atoms with E-state index in [0.29, 0.717) is 10.0 Å². The summed E-state index contributed by atoms with van der Waals surface area (Å²) < 4.78 is 0. The Morgan fingerprint density at radius 1 is 1.05 bits per heavy atom. The fraction of sp³-hybridized carbons (Fsp3) is 0.647. The number of nitrogens with two attached hydrogens (primary N) is 1. The number of nitrogens with one attached hydrogen (secondary N) is 1. The molecule has 1 aromatic carbocycles. The predicted octanol–water partition coefficient (Wildman–Crippen LogP) is 5.16. The van der Waals surface area contributed by atoms with Gasteiger partial charge in [0.1, 0.15) is 0 Å². The number of hydrogen-bond acceptors (Lipinski definition) is 2. The Hall–Kier alpha value is -0.280. The number of unbranched alkanes of at least 4 members (excludes halogenated alkanes) is 2. The van der Waals surface area contributed by atoms with Crippen LogP contribution in [0.4, 0.5) is 0 Å². The van der Waals surface area contributed by atoms with E-state index in [1.807, 2.05) is 18.2 Å². The molecule has 3 N–H and O–H groups in total. The second-order valence-electron chi connectivity index (χ2n) is 5.92. The van der Waals surface area contributed by atoms with Crippen LogP contribution < -0.4 is 11.1 Å². The zero-order valence-electron chi connectivity index (χ0n) is 13.2. The van der Waals surface area contributed by atoms with E-state index >= 15 is 0 Å². The van der Waals surface area contributed by atoms with Gasteiger partial charge in [-0.3, -0.25) is 0 Å². The molecule has 0 aliphatic carbocycles. The lowest BCUT2D eigenvalue weighted by Gasteiger charge is -2.30. The van der Waals surface area contributed by atoms with Crippen molar-refractivity contribution in [2.45, 2.75) is 64.5 Å². The van der Waals surface area contributed by atoms with Crippen LogP contribution in [-0.4, -0.2) is 12.1 Å². The molecule has 0 unspecified atom stereocenters. The molecule has 0 saturated carbocycles. The summed E-state index contributed by atoms with van der Waals surface area (Å²) in [5.41, 5.74) is 7.62. The third kappa shape index (κ3) is 7.01. The molecule has 2 nitrogen and oxygen atoms in total. The fourth-order valence-electron chi connectivity index (χ4n) is 2.46. The lowest BCUT2D eigenvalue weighted by atomic mass is 9.88. The van der Waals surface area contributed by atoms with E-state index in [1.54, 1.807) is 0 Å². The van der Waals surface area contributed by atoms with Gasteiger partial charge in [0.15, 0.2) is 0 Å². The first-order valence-corrected chi connectivity index (χ1v) is 8.70. The highest BCUT2D eigenvalue weighted by molar-refractivity contribution is 6.42. The van der Waals surface area contributed by atoms with Crippen molar-refractivity contribution in [1.82, 2.24) is 5.32 Å². The maximum Gasteiger partial charge on any atom is 0.0595 e. The molecule has 0 radical (unpaired) electrons. The van der Waals surface area contributed by atoms with Crippen LogP contribution in [-0.2, 0) is 6.54 Å². The van der Waals surface area contributed by atoms with E-state index in [0.717, 1.165) is 31.5 Å². The first kappa shape index (κ1) is 18.8. The quantitative estimate of drug-likeness (QED) is 0.621. The first-order valence-electron chi connectivity index (χ1n) is 7.94. The van der Waals surface area contributed by atoms with Crippen molar-refractivity contribution in [3.8, 4) is 0 Å². The van der Waals surface area contributed by atoms with Crippen LogP contribution in [0.3, 0.4) is 0 Å². The molecule has 0 fully saturated rings. The maximum atomic E-state index is 6.58. The Labute approximate surface area is 139 Å². The van der Waals surface area contributed by atoms with Gasteiger partial charge in [-0.15, -0.1) is 0 Å². The molecule has 0 aliphatic heterocycles. The molecule has 0 saturated heterocycles. The molecule has 1 rings (SSSR count). The van der Waals surface area contributed by atoms with Gasteiger partial charge < -0.3 is 11.1 Å². The van der Waals surface area contributed by atoms with E-state index in [1.165, 1.54) is 25.7 Å². The van der Waals surface area contributed by atoms with E-state index in [2.05, 4.69) is 19.2 Å². The average Bonchev–Trinajstić information content (AvgIpc) is 2.47. The van der Waals surface area contributed by atoms with Gasteiger partial charge in [-0.2, -0.15) is 0 Å². The van der Waals surface area contributed by atoms with Crippen molar-refractivity contribution in [3.05, 3.63) is 33.8 Å². The van der Waals surface area contributed by atoms with Gasteiger partial charge in [-0.25, -0.2) is 0 Å². The van der Waals surface area contributed by atoms with Gasteiger partial charge in [0.05, 0.1) is 10.0 Å². The Morgan fingerprint density at radius 2 is 1.67 bits per heavy atom. The summed E-state index contributed by atoms with van der Waals surface area (Å²) >= 11 is 12.0. The van der Waals surface area contributed by atoms with Crippen molar-refractivity contribution < 1.29 is 0 Å². The van der Waals surface area contributed by atoms with Crippen LogP contribution in [0.25, 0.3) is 0 Å². The van der Waals surface area contributed by atoms with Crippen molar-refractivity contribution in [3.63, 3.8) is 0 Å². The second kappa shape index (κ2) is 9.68. The van der Waals surface area contributed by atoms with Gasteiger partial charge in [0, 0.05) is 18.6 Å². The van der Waals surface area contributed by atoms with Crippen molar-refractivity contribution in [2.24, 2.45) is 5.73 Å². The number of hydrogen-bond donors (Lipinski definition) is 2. The summed E-state index contributed by atoms with van der Waals surface area (Å²) in [6.45, 7) is 6.04. The minimum absolute atomic E-state index is 0.0950. The average molecular weight is 331 g/mol. The molecule has 0 amide bonds. The zero-order valence-corrected chi connectivity index (χ0v) is 14.7. The van der Waals surface area contributed by atoms with Crippen molar-refractivity contribution in [2.75, 3.05) is 6.54 Å². The monoisotopic (exact) mass is 330 g/mol. The highest BCUT2D eigenvalue weighted by atomic mass is 35.5. The molecule has 21 heavy (non-hydrogen) atoms. The summed E-state index contributed by atoms with van der Waals surface area (Å²) in [4.78, 5) is 0. The van der Waals surface area contributed by atoms with Gasteiger partial charge in [-0.05, 0) is 30.5 Å². The minimum Gasteiger partial charge on any atom is -0.324 e. The maximum absolute atomic E-state index is 6.58. The summed E-state index contributed by atoms with van der Waals surface area (Å²) in [5.74, 6) is 0. The summed E-state index contributed by atoms with van der Waals surface area (Å²) in [7, 11) is 0. The van der Waals surface area contributed by atoms with Crippen LogP contribution in [0, 0.1) is 0 Å². The number of benzene rings is 1. The summed E-state index contributed by atoms with van der Waals surface area (Å²) in [5, 5.41) is 4.68. The third-order valence-electron chi connectivity index (χ3n) is 3.85. The van der Waals surface area contributed by atoms with Gasteiger partial charge in [0.25, 0.3) is 0 Å². The Morgan fingerprint density at radius 3 is 2.19 bits per heavy atom. The second-order valence-corrected chi connectivity index (χ2v) is 6.74. The normalized spacial score (nSPS) is 11.9. The fourth-order valence-corrected chi connectivity index (χ4v) is 2.79. The predicted molar refractivity (Wildman–Crippen MR) is 94.1 cm³/mol. The van der Waals surface area contributed by atoms with E-state index in [-0.39, 0.29) is 5.54 Å². The molecule has 0 aromatic heterocycles. The number of halogens is 2. The molecule has 4 heteroatoms. The molecule has 120 valence electrons. The molecule has 1 aromatic rings. The smallest absolute Gasteiger partial charge is 0.0595 e. The Bertz CT molecular complexity index is 413. The van der Waals surface area contributed by atoms with Crippen LogP contribution in [0.1, 0.15) is 57.9 Å². The minimum atomic E-state index is -0.0950. The molecule has 0 atom stereocenters. The van der Waals surface area contributed by atoms with Gasteiger partial charge in [-0.1, -0.05) is 68.8 Å². The Balaban J connectivity index is 2.49. The van der Waals surface area contributed by atoms with Crippen LogP contribution in [0.5, 0.6) is 0 Å². The standard InChI is InChI=1S/C17H28Cl2N2/c1-3-5-9-17(20,10-6-4-2)13-21-12-14-7-8-15(18)16(19)11-14/h7-8,11,21H,3-6,9-10,12-13,20H2,1-2H3. The highest BCUT2D eigenvalue weighted by Gasteiger charge is 2.23. The highest BCUT2D eigenvalue weighted by Crippen LogP contribution is 2.23. The van der Waals surface area contributed by atoms with Crippen molar-refractivity contribution in [1.29, 1.82) is 0 Å². The lowest BCUT2D eigenvalue weighted by Crippen LogP contribution is -2.48. The largest absolute Gasteiger partial charge is 0.324 e. The molecule has 0 spiro atoms. The molecule has 0 bridgehead atoms. The summed E-state index contributed by atoms with van der Waals surface area (Å²) in [6.07, 6.45) is 6.93. The first-order chi connectivity index (χ1) is 10.0. The van der Waals surface area contributed by atoms with Crippen LogP contribution >= 0.6 is 23.2 Å². The van der Waals surface area contributed by atoms with Crippen LogP contribution in [0.2, 0.25) is 10.0 Å². The molecule has 0 aliphatic rings. The number of rotatable bonds is 10. The zero-order chi connectivity index (χ0) is 15.7. The molecular weight excluding hydrogens is 303 g/mol. The molecular formula is C17H28Cl2N2. The molecule has 0 heterocycles. The topological polar surface area (TPSA) is 38.0 Å². The van der Waals surface area contributed by atoms with E-state index in [4.69, 9.17) is 28.9 Å².